The number of rotatable bonds is 4. The number of nitrogens with zero attached hydrogens (tertiary/aromatic N) is 2. The Bertz CT molecular complexity index is 525. The van der Waals surface area contributed by atoms with E-state index in [1.165, 1.54) is 12.1 Å². The topological polar surface area (TPSA) is 108 Å². The van der Waals surface area contributed by atoms with Crippen molar-refractivity contribution >= 4 is 17.1 Å². The average molecular weight is 267 g/mol. The van der Waals surface area contributed by atoms with Crippen molar-refractivity contribution in [3.05, 3.63) is 38.4 Å². The van der Waals surface area contributed by atoms with Crippen molar-refractivity contribution in [2.24, 2.45) is 0 Å². The van der Waals surface area contributed by atoms with Crippen LogP contribution in [0.2, 0.25) is 0 Å². The molecule has 1 saturated heterocycles. The van der Waals surface area contributed by atoms with Crippen LogP contribution >= 0.6 is 0 Å². The highest BCUT2D eigenvalue weighted by molar-refractivity contribution is 5.66. The van der Waals surface area contributed by atoms with Crippen LogP contribution in [0, 0.1) is 20.2 Å². The minimum absolute atomic E-state index is 0.267. The molecule has 0 amide bonds. The predicted molar refractivity (Wildman–Crippen MR) is 67.2 cm³/mol. The largest absolute Gasteiger partial charge is 0.379 e. The number of benzene rings is 1. The van der Waals surface area contributed by atoms with E-state index in [0.717, 1.165) is 12.5 Å². The van der Waals surface area contributed by atoms with Gasteiger partial charge in [0.25, 0.3) is 11.4 Å². The predicted octanol–water partition coefficient (Wildman–Crippen LogP) is 2.09. The summed E-state index contributed by atoms with van der Waals surface area (Å²) in [7, 11) is 0. The Hall–Kier alpha value is -2.22. The van der Waals surface area contributed by atoms with Crippen molar-refractivity contribution in [3.8, 4) is 0 Å². The molecule has 0 saturated carbocycles. The average Bonchev–Trinajstić information content (AvgIpc) is 2.75. The van der Waals surface area contributed by atoms with Crippen molar-refractivity contribution in [1.29, 1.82) is 0 Å². The fourth-order valence-electron chi connectivity index (χ4n) is 1.98. The van der Waals surface area contributed by atoms with Crippen LogP contribution < -0.4 is 5.32 Å². The summed E-state index contributed by atoms with van der Waals surface area (Å²) in [4.78, 5) is 20.3. The van der Waals surface area contributed by atoms with E-state index >= 15 is 0 Å². The molecule has 0 aliphatic carbocycles. The van der Waals surface area contributed by atoms with Crippen LogP contribution in [0.15, 0.2) is 18.2 Å². The number of nitro groups is 2. The lowest BCUT2D eigenvalue weighted by Crippen LogP contribution is -2.35. The van der Waals surface area contributed by atoms with Gasteiger partial charge in [0.2, 0.25) is 0 Å². The Morgan fingerprint density at radius 1 is 1.32 bits per heavy atom. The van der Waals surface area contributed by atoms with E-state index in [1.54, 1.807) is 0 Å². The van der Waals surface area contributed by atoms with Gasteiger partial charge >= 0.3 is 0 Å². The first kappa shape index (κ1) is 13.2. The van der Waals surface area contributed by atoms with Crippen LogP contribution in [0.5, 0.6) is 0 Å². The van der Waals surface area contributed by atoms with Crippen LogP contribution in [0.1, 0.15) is 13.3 Å². The number of hydrogen-bond acceptors (Lipinski definition) is 6. The lowest BCUT2D eigenvalue weighted by atomic mass is 10.0. The zero-order valence-electron chi connectivity index (χ0n) is 10.3. The highest BCUT2D eigenvalue weighted by Crippen LogP contribution is 2.33. The van der Waals surface area contributed by atoms with Crippen LogP contribution in [-0.2, 0) is 4.74 Å². The fourth-order valence-corrected chi connectivity index (χ4v) is 1.98. The first-order chi connectivity index (χ1) is 8.91. The Balaban J connectivity index is 2.34. The summed E-state index contributed by atoms with van der Waals surface area (Å²) in [5.41, 5.74) is -0.725. The van der Waals surface area contributed by atoms with Gasteiger partial charge in [-0.15, -0.1) is 0 Å². The maximum absolute atomic E-state index is 11.0. The molecule has 102 valence electrons. The number of non-ortho nitro benzene ring substituents is 1. The lowest BCUT2D eigenvalue weighted by molar-refractivity contribution is -0.393. The number of nitro benzene ring substituents is 2. The van der Waals surface area contributed by atoms with Gasteiger partial charge in [0.15, 0.2) is 0 Å². The molecule has 1 aliphatic rings. The summed E-state index contributed by atoms with van der Waals surface area (Å²) in [6, 6.07) is 3.57. The SMILES string of the molecule is CC1(Nc2ccc([N+](=O)[O-])cc2[N+](=O)[O-])CCOC1. The van der Waals surface area contributed by atoms with Crippen molar-refractivity contribution in [2.75, 3.05) is 18.5 Å². The molecule has 0 bridgehead atoms. The second-order valence-electron chi connectivity index (χ2n) is 4.70. The molecule has 1 aliphatic heterocycles. The molecule has 1 fully saturated rings. The molecule has 0 aromatic heterocycles. The van der Waals surface area contributed by atoms with Gasteiger partial charge in [-0.1, -0.05) is 0 Å². The highest BCUT2D eigenvalue weighted by Gasteiger charge is 2.32. The zero-order valence-corrected chi connectivity index (χ0v) is 10.3. The molecular formula is C11H13N3O5. The summed E-state index contributed by atoms with van der Waals surface area (Å²) in [5, 5.41) is 24.7. The third-order valence-corrected chi connectivity index (χ3v) is 3.04. The van der Waals surface area contributed by atoms with E-state index < -0.39 is 9.85 Å². The smallest absolute Gasteiger partial charge is 0.299 e. The lowest BCUT2D eigenvalue weighted by Gasteiger charge is -2.24. The molecule has 0 radical (unpaired) electrons. The Kier molecular flexibility index (Phi) is 3.34. The van der Waals surface area contributed by atoms with Crippen molar-refractivity contribution in [1.82, 2.24) is 0 Å². The van der Waals surface area contributed by atoms with Gasteiger partial charge in [-0.2, -0.15) is 0 Å². The van der Waals surface area contributed by atoms with Crippen LogP contribution in [-0.4, -0.2) is 28.6 Å². The summed E-state index contributed by atoms with van der Waals surface area (Å²) in [6.45, 7) is 2.93. The van der Waals surface area contributed by atoms with Crippen molar-refractivity contribution < 1.29 is 14.6 Å². The molecule has 8 heteroatoms. The summed E-state index contributed by atoms with van der Waals surface area (Å²) < 4.78 is 5.25. The summed E-state index contributed by atoms with van der Waals surface area (Å²) >= 11 is 0. The third-order valence-electron chi connectivity index (χ3n) is 3.04. The van der Waals surface area contributed by atoms with Crippen molar-refractivity contribution in [2.45, 2.75) is 18.9 Å². The standard InChI is InChI=1S/C11H13N3O5/c1-11(4-5-19-7-11)12-9-3-2-8(13(15)16)6-10(9)14(17)18/h2-3,6,12H,4-5,7H2,1H3. The van der Waals surface area contributed by atoms with Crippen molar-refractivity contribution in [3.63, 3.8) is 0 Å². The minimum Gasteiger partial charge on any atom is -0.379 e. The molecular weight excluding hydrogens is 254 g/mol. The molecule has 1 N–H and O–H groups in total. The molecule has 0 spiro atoms. The Morgan fingerprint density at radius 3 is 2.58 bits per heavy atom. The van der Waals surface area contributed by atoms with Gasteiger partial charge < -0.3 is 10.1 Å². The molecule has 1 heterocycles. The maximum atomic E-state index is 11.0. The molecule has 19 heavy (non-hydrogen) atoms. The Labute approximate surface area is 108 Å². The van der Waals surface area contributed by atoms with E-state index in [-0.39, 0.29) is 22.6 Å². The fraction of sp³-hybridized carbons (Fsp3) is 0.455. The monoisotopic (exact) mass is 267 g/mol. The quantitative estimate of drug-likeness (QED) is 0.661. The second-order valence-corrected chi connectivity index (χ2v) is 4.70. The van der Waals surface area contributed by atoms with E-state index in [4.69, 9.17) is 4.74 Å². The van der Waals surface area contributed by atoms with Gasteiger partial charge in [0.1, 0.15) is 5.69 Å². The van der Waals surface area contributed by atoms with Gasteiger partial charge in [-0.3, -0.25) is 20.2 Å². The van der Waals surface area contributed by atoms with Gasteiger partial charge in [-0.05, 0) is 19.4 Å². The molecule has 1 atom stereocenters. The number of hydrogen-bond donors (Lipinski definition) is 1. The van der Waals surface area contributed by atoms with Crippen LogP contribution in [0.25, 0.3) is 0 Å². The number of ether oxygens (including phenoxy) is 1. The Morgan fingerprint density at radius 2 is 2.05 bits per heavy atom. The van der Waals surface area contributed by atoms with Gasteiger partial charge in [-0.25, -0.2) is 0 Å². The van der Waals surface area contributed by atoms with Crippen LogP contribution in [0.4, 0.5) is 17.1 Å². The molecule has 2 rings (SSSR count). The second kappa shape index (κ2) is 4.81. The normalized spacial score (nSPS) is 22.2. The maximum Gasteiger partial charge on any atom is 0.299 e. The third kappa shape index (κ3) is 2.79. The molecule has 1 aromatic rings. The van der Waals surface area contributed by atoms with Gasteiger partial charge in [0.05, 0.1) is 28.1 Å². The highest BCUT2D eigenvalue weighted by atomic mass is 16.6. The van der Waals surface area contributed by atoms with E-state index in [0.29, 0.717) is 13.2 Å². The van der Waals surface area contributed by atoms with Gasteiger partial charge in [0, 0.05) is 12.7 Å². The van der Waals surface area contributed by atoms with E-state index in [2.05, 4.69) is 5.32 Å². The summed E-state index contributed by atoms with van der Waals surface area (Å²) in [5.74, 6) is 0. The number of anilines is 1. The zero-order chi connectivity index (χ0) is 14.0. The molecule has 1 unspecified atom stereocenters. The molecule has 8 nitrogen and oxygen atoms in total. The molecule has 1 aromatic carbocycles. The van der Waals surface area contributed by atoms with E-state index in [1.807, 2.05) is 6.92 Å². The van der Waals surface area contributed by atoms with E-state index in [9.17, 15) is 20.2 Å². The van der Waals surface area contributed by atoms with Crippen LogP contribution in [0.3, 0.4) is 0 Å². The first-order valence-electron chi connectivity index (χ1n) is 5.70. The number of nitrogens with one attached hydrogen (secondary N) is 1. The minimum atomic E-state index is -0.656. The first-order valence-corrected chi connectivity index (χ1v) is 5.70. The summed E-state index contributed by atoms with van der Waals surface area (Å²) in [6.07, 6.45) is 0.723.